The summed E-state index contributed by atoms with van der Waals surface area (Å²) < 4.78 is 24.4. The second-order valence-corrected chi connectivity index (χ2v) is 7.26. The van der Waals surface area contributed by atoms with Crippen molar-refractivity contribution < 1.29 is 13.2 Å². The van der Waals surface area contributed by atoms with Gasteiger partial charge in [0.05, 0.1) is 27.0 Å². The Morgan fingerprint density at radius 2 is 1.69 bits per heavy atom. The number of primary amides is 1. The van der Waals surface area contributed by atoms with Gasteiger partial charge in [-0.2, -0.15) is 5.10 Å². The van der Waals surface area contributed by atoms with Gasteiger partial charge in [-0.3, -0.25) is 9.78 Å². The van der Waals surface area contributed by atoms with E-state index in [0.717, 1.165) is 10.9 Å². The first kappa shape index (κ1) is 16.2. The molecule has 9 heteroatoms. The van der Waals surface area contributed by atoms with E-state index >= 15 is 0 Å². The number of pyridine rings is 1. The van der Waals surface area contributed by atoms with Crippen molar-refractivity contribution >= 4 is 37.7 Å². The van der Waals surface area contributed by atoms with Crippen LogP contribution in [0.2, 0.25) is 0 Å². The van der Waals surface area contributed by atoms with E-state index in [1.807, 2.05) is 24.3 Å². The maximum Gasteiger partial charge on any atom is 0.269 e. The largest absolute Gasteiger partial charge is 0.364 e. The Kier molecular flexibility index (Phi) is 3.49. The average Bonchev–Trinajstić information content (AvgIpc) is 3.01. The molecule has 130 valence electrons. The number of rotatable bonds is 3. The van der Waals surface area contributed by atoms with Gasteiger partial charge >= 0.3 is 0 Å². The van der Waals surface area contributed by atoms with Crippen molar-refractivity contribution in [3.8, 4) is 5.69 Å². The number of carbonyl (C=O) groups is 1. The number of hydrogen-bond donors (Lipinski definition) is 2. The molecule has 0 aliphatic rings. The lowest BCUT2D eigenvalue weighted by atomic mass is 10.1. The monoisotopic (exact) mass is 367 g/mol. The minimum Gasteiger partial charge on any atom is -0.364 e. The van der Waals surface area contributed by atoms with E-state index in [0.29, 0.717) is 16.6 Å². The van der Waals surface area contributed by atoms with E-state index in [4.69, 9.17) is 10.9 Å². The highest BCUT2D eigenvalue weighted by atomic mass is 32.2. The van der Waals surface area contributed by atoms with Gasteiger partial charge in [0.1, 0.15) is 0 Å². The number of fused-ring (bicyclic) bond motifs is 3. The Balaban J connectivity index is 2.06. The molecule has 2 aromatic heterocycles. The molecule has 26 heavy (non-hydrogen) atoms. The smallest absolute Gasteiger partial charge is 0.269 e. The molecule has 0 radical (unpaired) electrons. The number of carbonyl (C=O) groups excluding carboxylic acids is 1. The summed E-state index contributed by atoms with van der Waals surface area (Å²) in [6, 6.07) is 13.3. The van der Waals surface area contributed by atoms with Crippen molar-refractivity contribution in [3.05, 3.63) is 60.4 Å². The molecule has 4 aromatic rings. The van der Waals surface area contributed by atoms with Crippen LogP contribution in [0, 0.1) is 0 Å². The second kappa shape index (κ2) is 5.61. The molecule has 0 atom stereocenters. The summed E-state index contributed by atoms with van der Waals surface area (Å²) in [7, 11) is -3.80. The van der Waals surface area contributed by atoms with Crippen LogP contribution < -0.4 is 10.9 Å². The first-order valence-electron chi connectivity index (χ1n) is 7.56. The summed E-state index contributed by atoms with van der Waals surface area (Å²) in [5, 5.41) is 10.8. The fourth-order valence-electron chi connectivity index (χ4n) is 2.88. The van der Waals surface area contributed by atoms with Crippen molar-refractivity contribution in [1.29, 1.82) is 0 Å². The number of nitrogens with two attached hydrogens (primary N) is 2. The van der Waals surface area contributed by atoms with Crippen LogP contribution >= 0.6 is 0 Å². The fraction of sp³-hybridized carbons (Fsp3) is 0. The molecule has 4 rings (SSSR count). The molecule has 4 N–H and O–H groups in total. The maximum atomic E-state index is 11.8. The first-order valence-corrected chi connectivity index (χ1v) is 9.10. The second-order valence-electron chi connectivity index (χ2n) is 5.70. The molecule has 0 saturated carbocycles. The Morgan fingerprint density at radius 3 is 2.35 bits per heavy atom. The molecule has 2 heterocycles. The van der Waals surface area contributed by atoms with E-state index in [-0.39, 0.29) is 10.6 Å². The zero-order chi connectivity index (χ0) is 18.5. The number of primary sulfonamides is 1. The van der Waals surface area contributed by atoms with Crippen LogP contribution in [0.3, 0.4) is 0 Å². The number of sulfonamides is 1. The van der Waals surface area contributed by atoms with Crippen LogP contribution in [-0.2, 0) is 10.0 Å². The van der Waals surface area contributed by atoms with Gasteiger partial charge in [0.15, 0.2) is 5.69 Å². The zero-order valence-corrected chi connectivity index (χ0v) is 14.1. The number of aromatic nitrogens is 3. The summed E-state index contributed by atoms with van der Waals surface area (Å²) >= 11 is 0. The molecule has 1 amide bonds. The highest BCUT2D eigenvalue weighted by Crippen LogP contribution is 2.28. The van der Waals surface area contributed by atoms with Crippen LogP contribution in [-0.4, -0.2) is 29.1 Å². The van der Waals surface area contributed by atoms with Crippen LogP contribution in [0.25, 0.3) is 27.5 Å². The third kappa shape index (κ3) is 2.50. The molecule has 8 nitrogen and oxygen atoms in total. The molecular weight excluding hydrogens is 354 g/mol. The minimum atomic E-state index is -3.80. The van der Waals surface area contributed by atoms with E-state index in [9.17, 15) is 13.2 Å². The highest BCUT2D eigenvalue weighted by molar-refractivity contribution is 7.89. The molecule has 0 unspecified atom stereocenters. The summed E-state index contributed by atoms with van der Waals surface area (Å²) in [5.74, 6) is -0.674. The molecule has 2 aromatic carbocycles. The molecule has 0 saturated heterocycles. The number of hydrogen-bond acceptors (Lipinski definition) is 5. The zero-order valence-electron chi connectivity index (χ0n) is 13.3. The highest BCUT2D eigenvalue weighted by Gasteiger charge is 2.19. The van der Waals surface area contributed by atoms with E-state index in [1.54, 1.807) is 23.0 Å². The van der Waals surface area contributed by atoms with Gasteiger partial charge in [0, 0.05) is 11.6 Å². The summed E-state index contributed by atoms with van der Waals surface area (Å²) in [6.45, 7) is 0. The minimum absolute atomic E-state index is 0.0145. The van der Waals surface area contributed by atoms with Crippen molar-refractivity contribution in [2.75, 3.05) is 0 Å². The first-order chi connectivity index (χ1) is 12.4. The van der Waals surface area contributed by atoms with E-state index in [1.165, 1.54) is 12.1 Å². The third-order valence-corrected chi connectivity index (χ3v) is 4.99. The number of para-hydroxylation sites is 1. The van der Waals surface area contributed by atoms with Gasteiger partial charge in [0.25, 0.3) is 5.91 Å². The summed E-state index contributed by atoms with van der Waals surface area (Å²) in [6.07, 6.45) is 1.56. The Bertz CT molecular complexity index is 1280. The van der Waals surface area contributed by atoms with Crippen LogP contribution in [0.4, 0.5) is 0 Å². The Hall–Kier alpha value is -3.30. The van der Waals surface area contributed by atoms with Gasteiger partial charge < -0.3 is 5.73 Å². The van der Waals surface area contributed by atoms with E-state index in [2.05, 4.69) is 10.1 Å². The van der Waals surface area contributed by atoms with Crippen LogP contribution in [0.5, 0.6) is 0 Å². The predicted octanol–water partition coefficient (Wildman–Crippen LogP) is 1.32. The topological polar surface area (TPSA) is 134 Å². The van der Waals surface area contributed by atoms with Gasteiger partial charge in [-0.1, -0.05) is 18.2 Å². The quantitative estimate of drug-likeness (QED) is 0.563. The number of nitrogens with zero attached hydrogens (tertiary/aromatic N) is 3. The average molecular weight is 367 g/mol. The molecule has 0 aliphatic carbocycles. The Labute approximate surface area is 148 Å². The van der Waals surface area contributed by atoms with Gasteiger partial charge in [0.2, 0.25) is 10.0 Å². The molecule has 0 aliphatic heterocycles. The van der Waals surface area contributed by atoms with Crippen LogP contribution in [0.1, 0.15) is 10.5 Å². The summed E-state index contributed by atoms with van der Waals surface area (Å²) in [5.41, 5.74) is 7.51. The van der Waals surface area contributed by atoms with Gasteiger partial charge in [-0.15, -0.1) is 0 Å². The number of benzene rings is 2. The van der Waals surface area contributed by atoms with Gasteiger partial charge in [-0.25, -0.2) is 18.2 Å². The van der Waals surface area contributed by atoms with Gasteiger partial charge in [-0.05, 0) is 30.3 Å². The standard InChI is InChI=1S/C17H13N5O3S/c18-17(23)15-13-9-20-14-4-2-1-3-12(14)16(13)22(21-15)10-5-7-11(8-6-10)26(19,24)25/h1-9H,(H2,18,23)(H2,19,24,25). The molecule has 0 fully saturated rings. The van der Waals surface area contributed by atoms with Crippen molar-refractivity contribution in [3.63, 3.8) is 0 Å². The van der Waals surface area contributed by atoms with Crippen molar-refractivity contribution in [2.45, 2.75) is 4.90 Å². The maximum absolute atomic E-state index is 11.8. The lowest BCUT2D eigenvalue weighted by Crippen LogP contribution is -2.13. The molecule has 0 bridgehead atoms. The molecular formula is C17H13N5O3S. The lowest BCUT2D eigenvalue weighted by molar-refractivity contribution is 0.0996. The summed E-state index contributed by atoms with van der Waals surface area (Å²) in [4.78, 5) is 16.1. The Morgan fingerprint density at radius 1 is 1.00 bits per heavy atom. The van der Waals surface area contributed by atoms with Crippen LogP contribution in [0.15, 0.2) is 59.6 Å². The van der Waals surface area contributed by atoms with Crippen molar-refractivity contribution in [2.24, 2.45) is 10.9 Å². The lowest BCUT2D eigenvalue weighted by Gasteiger charge is -2.06. The third-order valence-electron chi connectivity index (χ3n) is 4.06. The van der Waals surface area contributed by atoms with E-state index < -0.39 is 15.9 Å². The SMILES string of the molecule is NC(=O)c1nn(-c2ccc(S(N)(=O)=O)cc2)c2c1cnc1ccccc12. The normalized spacial score (nSPS) is 11.9. The molecule has 0 spiro atoms. The number of amides is 1. The van der Waals surface area contributed by atoms with Crippen molar-refractivity contribution in [1.82, 2.24) is 14.8 Å². The predicted molar refractivity (Wildman–Crippen MR) is 96.3 cm³/mol. The fourth-order valence-corrected chi connectivity index (χ4v) is 3.39.